The molecular weight excluding hydrogens is 508 g/mol. The monoisotopic (exact) mass is 532 g/mol. The molecule has 1 aliphatic carbocycles. The lowest BCUT2D eigenvalue weighted by Crippen LogP contribution is -2.03. The lowest BCUT2D eigenvalue weighted by Gasteiger charge is -2.12. The maximum atomic E-state index is 4.99. The van der Waals surface area contributed by atoms with Gasteiger partial charge in [0.15, 0.2) is 17.5 Å². The van der Waals surface area contributed by atoms with Gasteiger partial charge in [-0.05, 0) is 37.1 Å². The molecular formula is C35H24N4S. The van der Waals surface area contributed by atoms with E-state index in [9.17, 15) is 0 Å². The highest BCUT2D eigenvalue weighted by atomic mass is 32.1. The van der Waals surface area contributed by atoms with Crippen LogP contribution in [0.25, 0.3) is 65.2 Å². The largest absolute Gasteiger partial charge is 0.301 e. The van der Waals surface area contributed by atoms with Gasteiger partial charge in [-0.1, -0.05) is 97.1 Å². The second kappa shape index (κ2) is 9.40. The van der Waals surface area contributed by atoms with E-state index in [4.69, 9.17) is 15.0 Å². The van der Waals surface area contributed by atoms with Crippen molar-refractivity contribution in [3.8, 4) is 28.5 Å². The third kappa shape index (κ3) is 3.78. The SMILES string of the molecule is C1=CC(c2nc(-c3ccccc3)nc(-c3cccc(-n4c5ccccc5c5c6ccccc6sc54)c3)n2)=CCC1. The van der Waals surface area contributed by atoms with E-state index in [2.05, 4.69) is 108 Å². The third-order valence-corrected chi connectivity index (χ3v) is 8.63. The fourth-order valence-electron chi connectivity index (χ4n) is 5.61. The molecule has 7 aromatic rings. The van der Waals surface area contributed by atoms with Crippen LogP contribution in [0.15, 0.2) is 121 Å². The summed E-state index contributed by atoms with van der Waals surface area (Å²) in [5.74, 6) is 2.07. The summed E-state index contributed by atoms with van der Waals surface area (Å²) in [6.45, 7) is 0. The number of aromatic nitrogens is 4. The molecule has 0 aliphatic heterocycles. The number of allylic oxidation sites excluding steroid dienone is 4. The molecule has 0 bridgehead atoms. The Balaban J connectivity index is 1.34. The summed E-state index contributed by atoms with van der Waals surface area (Å²) in [6.07, 6.45) is 8.57. The predicted molar refractivity (Wildman–Crippen MR) is 167 cm³/mol. The summed E-state index contributed by atoms with van der Waals surface area (Å²) in [4.78, 5) is 16.1. The Hall–Kier alpha value is -4.87. The fourth-order valence-corrected chi connectivity index (χ4v) is 6.86. The Bertz CT molecular complexity index is 2110. The molecule has 0 amide bonds. The molecule has 0 atom stereocenters. The van der Waals surface area contributed by atoms with E-state index in [-0.39, 0.29) is 0 Å². The summed E-state index contributed by atoms with van der Waals surface area (Å²) < 4.78 is 3.68. The van der Waals surface area contributed by atoms with Gasteiger partial charge in [0, 0.05) is 43.2 Å². The summed E-state index contributed by atoms with van der Waals surface area (Å²) in [5, 5.41) is 3.88. The number of rotatable bonds is 4. The second-order valence-corrected chi connectivity index (χ2v) is 11.0. The van der Waals surface area contributed by atoms with Gasteiger partial charge >= 0.3 is 0 Å². The van der Waals surface area contributed by atoms with Gasteiger partial charge in [-0.2, -0.15) is 0 Å². The Morgan fingerprint density at radius 1 is 0.625 bits per heavy atom. The number of nitrogens with zero attached hydrogens (tertiary/aromatic N) is 4. The van der Waals surface area contributed by atoms with Crippen molar-refractivity contribution in [3.63, 3.8) is 0 Å². The van der Waals surface area contributed by atoms with Crippen LogP contribution < -0.4 is 0 Å². The van der Waals surface area contributed by atoms with E-state index in [0.717, 1.165) is 35.2 Å². The molecule has 0 saturated carbocycles. The highest BCUT2D eigenvalue weighted by Gasteiger charge is 2.18. The molecule has 0 radical (unpaired) electrons. The maximum absolute atomic E-state index is 4.99. The van der Waals surface area contributed by atoms with E-state index < -0.39 is 0 Å². The van der Waals surface area contributed by atoms with Gasteiger partial charge in [-0.15, -0.1) is 11.3 Å². The van der Waals surface area contributed by atoms with Crippen LogP contribution in [0.4, 0.5) is 0 Å². The average molecular weight is 533 g/mol. The molecule has 0 fully saturated rings. The lowest BCUT2D eigenvalue weighted by atomic mass is 10.1. The zero-order valence-electron chi connectivity index (χ0n) is 21.7. The van der Waals surface area contributed by atoms with Crippen LogP contribution in [0.2, 0.25) is 0 Å². The number of para-hydroxylation sites is 1. The minimum atomic E-state index is 0.676. The topological polar surface area (TPSA) is 43.6 Å². The molecule has 4 aromatic carbocycles. The molecule has 3 heterocycles. The van der Waals surface area contributed by atoms with Crippen LogP contribution >= 0.6 is 11.3 Å². The Labute approximate surface area is 235 Å². The normalized spacial score (nSPS) is 13.3. The molecule has 4 nitrogen and oxygen atoms in total. The van der Waals surface area contributed by atoms with Crippen molar-refractivity contribution in [2.45, 2.75) is 12.8 Å². The van der Waals surface area contributed by atoms with Crippen molar-refractivity contribution in [1.82, 2.24) is 19.5 Å². The second-order valence-electron chi connectivity index (χ2n) is 9.99. The molecule has 3 aromatic heterocycles. The van der Waals surface area contributed by atoms with Crippen LogP contribution in [0.5, 0.6) is 0 Å². The van der Waals surface area contributed by atoms with Crippen molar-refractivity contribution in [2.24, 2.45) is 0 Å². The lowest BCUT2D eigenvalue weighted by molar-refractivity contribution is 1.01. The van der Waals surface area contributed by atoms with Crippen molar-refractivity contribution < 1.29 is 0 Å². The first-order valence-electron chi connectivity index (χ1n) is 13.5. The van der Waals surface area contributed by atoms with Gasteiger partial charge in [-0.25, -0.2) is 15.0 Å². The first-order valence-corrected chi connectivity index (χ1v) is 14.4. The zero-order chi connectivity index (χ0) is 26.5. The van der Waals surface area contributed by atoms with E-state index in [1.54, 1.807) is 0 Å². The van der Waals surface area contributed by atoms with Crippen LogP contribution in [-0.2, 0) is 0 Å². The highest BCUT2D eigenvalue weighted by Crippen LogP contribution is 2.42. The standard InChI is InChI=1S/C35H24N4S/c1-3-12-23(13-4-1)32-36-33(24-14-5-2-6-15-24)38-34(37-32)25-16-11-17-26(22-25)39-29-20-9-7-18-27(29)31-28-19-8-10-21-30(28)40-35(31)39/h1,3-5,7-22H,2,6H2. The molecule has 190 valence electrons. The predicted octanol–water partition coefficient (Wildman–Crippen LogP) is 9.25. The molecule has 0 unspecified atom stereocenters. The first kappa shape index (κ1) is 23.1. The maximum Gasteiger partial charge on any atom is 0.164 e. The average Bonchev–Trinajstić information content (AvgIpc) is 3.56. The minimum Gasteiger partial charge on any atom is -0.301 e. The zero-order valence-corrected chi connectivity index (χ0v) is 22.5. The van der Waals surface area contributed by atoms with Crippen LogP contribution in [0, 0.1) is 0 Å². The molecule has 1 aliphatic rings. The van der Waals surface area contributed by atoms with Gasteiger partial charge in [0.25, 0.3) is 0 Å². The van der Waals surface area contributed by atoms with E-state index in [1.807, 2.05) is 29.5 Å². The minimum absolute atomic E-state index is 0.676. The quantitative estimate of drug-likeness (QED) is 0.227. The van der Waals surface area contributed by atoms with Crippen LogP contribution in [0.3, 0.4) is 0 Å². The van der Waals surface area contributed by atoms with Crippen molar-refractivity contribution in [2.75, 3.05) is 0 Å². The van der Waals surface area contributed by atoms with E-state index >= 15 is 0 Å². The Morgan fingerprint density at radius 3 is 2.20 bits per heavy atom. The van der Waals surface area contributed by atoms with Gasteiger partial charge in [0.05, 0.1) is 5.52 Å². The van der Waals surface area contributed by atoms with Crippen LogP contribution in [0.1, 0.15) is 18.7 Å². The number of thiophene rings is 1. The number of hydrogen-bond acceptors (Lipinski definition) is 4. The third-order valence-electron chi connectivity index (χ3n) is 7.48. The van der Waals surface area contributed by atoms with Crippen molar-refractivity contribution in [1.29, 1.82) is 0 Å². The van der Waals surface area contributed by atoms with Gasteiger partial charge < -0.3 is 4.57 Å². The summed E-state index contributed by atoms with van der Waals surface area (Å²) in [6, 6.07) is 36.1. The number of fused-ring (bicyclic) bond motifs is 5. The van der Waals surface area contributed by atoms with E-state index in [0.29, 0.717) is 17.5 Å². The molecule has 0 spiro atoms. The molecule has 0 N–H and O–H groups in total. The van der Waals surface area contributed by atoms with Gasteiger partial charge in [0.1, 0.15) is 4.83 Å². The highest BCUT2D eigenvalue weighted by molar-refractivity contribution is 7.25. The molecule has 8 rings (SSSR count). The summed E-state index contributed by atoms with van der Waals surface area (Å²) in [7, 11) is 0. The van der Waals surface area contributed by atoms with Crippen molar-refractivity contribution >= 4 is 48.1 Å². The molecule has 40 heavy (non-hydrogen) atoms. The van der Waals surface area contributed by atoms with Crippen molar-refractivity contribution in [3.05, 3.63) is 127 Å². The van der Waals surface area contributed by atoms with Gasteiger partial charge in [-0.3, -0.25) is 0 Å². The molecule has 0 saturated heterocycles. The summed E-state index contributed by atoms with van der Waals surface area (Å²) in [5.41, 5.74) is 5.28. The molecule has 5 heteroatoms. The Morgan fingerprint density at radius 2 is 1.35 bits per heavy atom. The van der Waals surface area contributed by atoms with Gasteiger partial charge in [0.2, 0.25) is 0 Å². The fraction of sp³-hybridized carbons (Fsp3) is 0.0571. The number of hydrogen-bond donors (Lipinski definition) is 0. The smallest absolute Gasteiger partial charge is 0.164 e. The number of benzene rings is 4. The van der Waals surface area contributed by atoms with E-state index in [1.165, 1.54) is 31.2 Å². The Kier molecular flexibility index (Phi) is 5.42. The first-order chi connectivity index (χ1) is 19.8. The van der Waals surface area contributed by atoms with Crippen LogP contribution in [-0.4, -0.2) is 19.5 Å². The summed E-state index contributed by atoms with van der Waals surface area (Å²) >= 11 is 1.84.